The number of hydrogen-bond acceptors (Lipinski definition) is 1. The van der Waals surface area contributed by atoms with Crippen molar-refractivity contribution < 1.29 is 4.74 Å². The zero-order chi connectivity index (χ0) is 9.47. The summed E-state index contributed by atoms with van der Waals surface area (Å²) in [6.45, 7) is 5.44. The maximum atomic E-state index is 6.20. The van der Waals surface area contributed by atoms with Crippen molar-refractivity contribution in [3.63, 3.8) is 0 Å². The molecule has 0 aromatic rings. The van der Waals surface area contributed by atoms with E-state index < -0.39 is 0 Å². The Kier molecular flexibility index (Phi) is 2.59. The Labute approximate surface area is 85.8 Å². The van der Waals surface area contributed by atoms with Gasteiger partial charge in [-0.15, -0.1) is 11.6 Å². The maximum Gasteiger partial charge on any atom is 0.0657 e. The molecule has 2 heteroatoms. The molecular weight excluding hydrogens is 184 g/mol. The molecule has 3 atom stereocenters. The summed E-state index contributed by atoms with van der Waals surface area (Å²) in [6.07, 6.45) is 5.37. The second-order valence-electron chi connectivity index (χ2n) is 4.83. The van der Waals surface area contributed by atoms with Gasteiger partial charge in [-0.3, -0.25) is 0 Å². The van der Waals surface area contributed by atoms with Crippen LogP contribution < -0.4 is 0 Å². The number of rotatable bonds is 4. The predicted molar refractivity (Wildman–Crippen MR) is 55.1 cm³/mol. The Morgan fingerprint density at radius 2 is 2.15 bits per heavy atom. The molecule has 0 radical (unpaired) electrons. The van der Waals surface area contributed by atoms with Crippen LogP contribution in [0.3, 0.4) is 0 Å². The van der Waals surface area contributed by atoms with E-state index in [0.29, 0.717) is 11.5 Å². The van der Waals surface area contributed by atoms with Gasteiger partial charge in [0, 0.05) is 17.4 Å². The summed E-state index contributed by atoms with van der Waals surface area (Å²) in [5, 5.41) is 0.335. The zero-order valence-corrected chi connectivity index (χ0v) is 9.31. The summed E-state index contributed by atoms with van der Waals surface area (Å²) in [7, 11) is 0. The number of hydrogen-bond donors (Lipinski definition) is 0. The average Bonchev–Trinajstić information content (AvgIpc) is 2.94. The minimum Gasteiger partial charge on any atom is -0.377 e. The largest absolute Gasteiger partial charge is 0.377 e. The number of halogens is 1. The summed E-state index contributed by atoms with van der Waals surface area (Å²) in [5.41, 5.74) is 0.246. The van der Waals surface area contributed by atoms with Crippen LogP contribution >= 0.6 is 11.6 Å². The third-order valence-corrected chi connectivity index (χ3v) is 4.54. The molecule has 2 fully saturated rings. The molecule has 0 bridgehead atoms. The highest BCUT2D eigenvalue weighted by Gasteiger charge is 2.50. The summed E-state index contributed by atoms with van der Waals surface area (Å²) in [6, 6.07) is 0. The van der Waals surface area contributed by atoms with E-state index in [9.17, 15) is 0 Å². The molecule has 2 saturated carbocycles. The molecule has 3 unspecified atom stereocenters. The third-order valence-electron chi connectivity index (χ3n) is 3.86. The first-order valence-electron chi connectivity index (χ1n) is 5.42. The van der Waals surface area contributed by atoms with E-state index in [1.165, 1.54) is 12.8 Å². The van der Waals surface area contributed by atoms with Gasteiger partial charge in [0.1, 0.15) is 0 Å². The number of ether oxygens (including phenoxy) is 1. The van der Waals surface area contributed by atoms with Crippen LogP contribution in [0.1, 0.15) is 39.5 Å². The molecule has 13 heavy (non-hydrogen) atoms. The van der Waals surface area contributed by atoms with Crippen molar-refractivity contribution in [3.05, 3.63) is 0 Å². The monoisotopic (exact) mass is 202 g/mol. The van der Waals surface area contributed by atoms with Gasteiger partial charge in [-0.1, -0.05) is 13.8 Å². The molecule has 0 N–H and O–H groups in total. The first-order chi connectivity index (χ1) is 6.16. The van der Waals surface area contributed by atoms with E-state index >= 15 is 0 Å². The lowest BCUT2D eigenvalue weighted by Crippen LogP contribution is -2.53. The average molecular weight is 203 g/mol. The fourth-order valence-electron chi connectivity index (χ4n) is 2.01. The quantitative estimate of drug-likeness (QED) is 0.637. The third kappa shape index (κ3) is 1.73. The van der Waals surface area contributed by atoms with Gasteiger partial charge in [0.25, 0.3) is 0 Å². The molecule has 0 aromatic heterocycles. The van der Waals surface area contributed by atoms with E-state index in [2.05, 4.69) is 13.8 Å². The highest BCUT2D eigenvalue weighted by atomic mass is 35.5. The van der Waals surface area contributed by atoms with Gasteiger partial charge in [-0.05, 0) is 31.6 Å². The second-order valence-corrected chi connectivity index (χ2v) is 5.35. The molecule has 2 aliphatic rings. The first-order valence-corrected chi connectivity index (χ1v) is 5.86. The first kappa shape index (κ1) is 9.79. The lowest BCUT2D eigenvalue weighted by atomic mass is 9.65. The van der Waals surface area contributed by atoms with E-state index in [0.717, 1.165) is 25.4 Å². The van der Waals surface area contributed by atoms with Crippen LogP contribution in [0, 0.1) is 11.3 Å². The van der Waals surface area contributed by atoms with Crippen molar-refractivity contribution in [2.24, 2.45) is 11.3 Å². The normalized spacial score (nSPS) is 44.5. The summed E-state index contributed by atoms with van der Waals surface area (Å²) in [5.74, 6) is 0.871. The van der Waals surface area contributed by atoms with Crippen molar-refractivity contribution in [1.29, 1.82) is 0 Å². The van der Waals surface area contributed by atoms with E-state index in [1.54, 1.807) is 0 Å². The highest BCUT2D eigenvalue weighted by molar-refractivity contribution is 6.21. The van der Waals surface area contributed by atoms with Crippen molar-refractivity contribution in [1.82, 2.24) is 0 Å². The van der Waals surface area contributed by atoms with Crippen LogP contribution in [0.2, 0.25) is 0 Å². The van der Waals surface area contributed by atoms with Gasteiger partial charge in [0.05, 0.1) is 6.10 Å². The Balaban J connectivity index is 1.79. The number of alkyl halides is 1. The molecule has 0 aliphatic heterocycles. The Bertz CT molecular complexity index is 191. The van der Waals surface area contributed by atoms with Crippen molar-refractivity contribution in [3.8, 4) is 0 Å². The fraction of sp³-hybridized carbons (Fsp3) is 1.00. The van der Waals surface area contributed by atoms with Gasteiger partial charge in [-0.25, -0.2) is 0 Å². The predicted octanol–water partition coefficient (Wildman–Crippen LogP) is 3.21. The van der Waals surface area contributed by atoms with Gasteiger partial charge >= 0.3 is 0 Å². The Hall–Kier alpha value is 0.250. The van der Waals surface area contributed by atoms with Crippen LogP contribution in [-0.4, -0.2) is 18.1 Å². The van der Waals surface area contributed by atoms with E-state index in [1.807, 2.05) is 0 Å². The van der Waals surface area contributed by atoms with Crippen molar-refractivity contribution >= 4 is 11.6 Å². The molecule has 76 valence electrons. The second kappa shape index (κ2) is 3.43. The van der Waals surface area contributed by atoms with Crippen LogP contribution in [0.25, 0.3) is 0 Å². The fourth-order valence-corrected chi connectivity index (χ4v) is 2.47. The lowest BCUT2D eigenvalue weighted by molar-refractivity contribution is -0.103. The van der Waals surface area contributed by atoms with Crippen molar-refractivity contribution in [2.45, 2.75) is 51.0 Å². The summed E-state index contributed by atoms with van der Waals surface area (Å²) in [4.78, 5) is 0. The van der Waals surface area contributed by atoms with Gasteiger partial charge in [-0.2, -0.15) is 0 Å². The molecule has 0 saturated heterocycles. The van der Waals surface area contributed by atoms with Crippen LogP contribution in [0.15, 0.2) is 0 Å². The SMILES string of the molecule is CCC1(C)C(Cl)CC1OCC1CC1. The van der Waals surface area contributed by atoms with E-state index in [4.69, 9.17) is 16.3 Å². The molecule has 2 aliphatic carbocycles. The maximum absolute atomic E-state index is 6.20. The molecule has 0 spiro atoms. The van der Waals surface area contributed by atoms with Crippen molar-refractivity contribution in [2.75, 3.05) is 6.61 Å². The summed E-state index contributed by atoms with van der Waals surface area (Å²) >= 11 is 6.20. The smallest absolute Gasteiger partial charge is 0.0657 e. The molecule has 0 aromatic carbocycles. The highest BCUT2D eigenvalue weighted by Crippen LogP contribution is 2.49. The van der Waals surface area contributed by atoms with Gasteiger partial charge < -0.3 is 4.74 Å². The molecular formula is C11H19ClO. The standard InChI is InChI=1S/C11H19ClO/c1-3-11(2)9(12)6-10(11)13-7-8-4-5-8/h8-10H,3-7H2,1-2H3. The Morgan fingerprint density at radius 1 is 1.46 bits per heavy atom. The minimum atomic E-state index is 0.246. The minimum absolute atomic E-state index is 0.246. The Morgan fingerprint density at radius 3 is 2.62 bits per heavy atom. The molecule has 1 nitrogen and oxygen atoms in total. The zero-order valence-electron chi connectivity index (χ0n) is 8.55. The van der Waals surface area contributed by atoms with Crippen LogP contribution in [0.4, 0.5) is 0 Å². The molecule has 0 heterocycles. The van der Waals surface area contributed by atoms with E-state index in [-0.39, 0.29) is 5.41 Å². The van der Waals surface area contributed by atoms with Gasteiger partial charge in [0.2, 0.25) is 0 Å². The van der Waals surface area contributed by atoms with Crippen LogP contribution in [0.5, 0.6) is 0 Å². The van der Waals surface area contributed by atoms with Gasteiger partial charge in [0.15, 0.2) is 0 Å². The molecule has 2 rings (SSSR count). The molecule has 0 amide bonds. The lowest BCUT2D eigenvalue weighted by Gasteiger charge is -2.50. The topological polar surface area (TPSA) is 9.23 Å². The summed E-state index contributed by atoms with van der Waals surface area (Å²) < 4.78 is 5.89. The van der Waals surface area contributed by atoms with Crippen LogP contribution in [-0.2, 0) is 4.74 Å².